The van der Waals surface area contributed by atoms with Gasteiger partial charge in [0.15, 0.2) is 0 Å². The molecule has 0 unspecified atom stereocenters. The van der Waals surface area contributed by atoms with Gasteiger partial charge in [0.25, 0.3) is 0 Å². The molecule has 0 bridgehead atoms. The van der Waals surface area contributed by atoms with Crippen molar-refractivity contribution in [2.45, 2.75) is 13.8 Å². The van der Waals surface area contributed by atoms with Gasteiger partial charge < -0.3 is 4.90 Å². The predicted molar refractivity (Wildman–Crippen MR) is 71.3 cm³/mol. The monoisotopic (exact) mass is 227 g/mol. The zero-order valence-corrected chi connectivity index (χ0v) is 10.7. The molecule has 0 amide bonds. The van der Waals surface area contributed by atoms with E-state index in [1.165, 1.54) is 5.69 Å². The maximum atomic E-state index is 4.47. The molecule has 1 aromatic heterocycles. The lowest BCUT2D eigenvalue weighted by atomic mass is 10.1. The van der Waals surface area contributed by atoms with E-state index in [9.17, 15) is 0 Å². The third-order valence-corrected chi connectivity index (χ3v) is 2.70. The predicted octanol–water partition coefficient (Wildman–Crippen LogP) is 2.83. The summed E-state index contributed by atoms with van der Waals surface area (Å²) in [6.45, 7) is 3.96. The zero-order chi connectivity index (χ0) is 12.4. The highest BCUT2D eigenvalue weighted by atomic mass is 15.1. The van der Waals surface area contributed by atoms with Crippen LogP contribution in [0.3, 0.4) is 0 Å². The van der Waals surface area contributed by atoms with E-state index >= 15 is 0 Å². The molecule has 17 heavy (non-hydrogen) atoms. The molecule has 0 aliphatic rings. The average Bonchev–Trinajstić information content (AvgIpc) is 2.29. The van der Waals surface area contributed by atoms with E-state index in [1.54, 1.807) is 0 Å². The lowest BCUT2D eigenvalue weighted by Gasteiger charge is -2.14. The summed E-state index contributed by atoms with van der Waals surface area (Å²) in [6, 6.07) is 8.33. The van der Waals surface area contributed by atoms with Crippen LogP contribution in [0.1, 0.15) is 11.4 Å². The maximum Gasteiger partial charge on any atom is 0.0915 e. The van der Waals surface area contributed by atoms with Crippen LogP contribution in [0, 0.1) is 13.8 Å². The normalized spacial score (nSPS) is 10.4. The summed E-state index contributed by atoms with van der Waals surface area (Å²) in [4.78, 5) is 11.0. The molecule has 2 rings (SSSR count). The molecule has 1 heterocycles. The molecule has 0 saturated carbocycles. The summed E-state index contributed by atoms with van der Waals surface area (Å²) in [5, 5.41) is 0. The molecule has 0 aliphatic heterocycles. The molecule has 3 heteroatoms. The molecule has 0 fully saturated rings. The molecule has 3 nitrogen and oxygen atoms in total. The van der Waals surface area contributed by atoms with Crippen LogP contribution in [-0.4, -0.2) is 24.1 Å². The Bertz CT molecular complexity index is 533. The lowest BCUT2D eigenvalue weighted by Crippen LogP contribution is -2.08. The van der Waals surface area contributed by atoms with Crippen molar-refractivity contribution in [2.24, 2.45) is 0 Å². The minimum absolute atomic E-state index is 0.954. The Morgan fingerprint density at radius 1 is 1.12 bits per heavy atom. The van der Waals surface area contributed by atoms with Gasteiger partial charge in [0, 0.05) is 31.5 Å². The Kier molecular flexibility index (Phi) is 3.09. The van der Waals surface area contributed by atoms with Gasteiger partial charge in [0.2, 0.25) is 0 Å². The van der Waals surface area contributed by atoms with Gasteiger partial charge in [-0.1, -0.05) is 12.1 Å². The van der Waals surface area contributed by atoms with Crippen LogP contribution < -0.4 is 4.90 Å². The highest BCUT2D eigenvalue weighted by Gasteiger charge is 2.06. The van der Waals surface area contributed by atoms with E-state index in [2.05, 4.69) is 33.1 Å². The Morgan fingerprint density at radius 3 is 2.53 bits per heavy atom. The first-order chi connectivity index (χ1) is 8.08. The third kappa shape index (κ3) is 2.44. The molecule has 88 valence electrons. The third-order valence-electron chi connectivity index (χ3n) is 2.70. The molecule has 0 N–H and O–H groups in total. The zero-order valence-electron chi connectivity index (χ0n) is 10.7. The van der Waals surface area contributed by atoms with Crippen LogP contribution in [0.4, 0.5) is 5.69 Å². The maximum absolute atomic E-state index is 4.47. The van der Waals surface area contributed by atoms with Crippen molar-refractivity contribution in [3.8, 4) is 11.3 Å². The van der Waals surface area contributed by atoms with Gasteiger partial charge in [-0.25, -0.2) is 0 Å². The fourth-order valence-electron chi connectivity index (χ4n) is 1.81. The molecule has 0 spiro atoms. The summed E-state index contributed by atoms with van der Waals surface area (Å²) in [5.74, 6) is 0. The van der Waals surface area contributed by atoms with Gasteiger partial charge in [0.05, 0.1) is 17.1 Å². The van der Waals surface area contributed by atoms with Gasteiger partial charge in [0.1, 0.15) is 0 Å². The van der Waals surface area contributed by atoms with Gasteiger partial charge in [-0.05, 0) is 26.0 Å². The number of nitrogens with zero attached hydrogens (tertiary/aromatic N) is 3. The molecule has 0 atom stereocenters. The van der Waals surface area contributed by atoms with Crippen LogP contribution in [0.25, 0.3) is 11.3 Å². The Morgan fingerprint density at radius 2 is 1.88 bits per heavy atom. The van der Waals surface area contributed by atoms with Crippen molar-refractivity contribution >= 4 is 5.69 Å². The summed E-state index contributed by atoms with van der Waals surface area (Å²) in [7, 11) is 4.07. The first kappa shape index (κ1) is 11.6. The topological polar surface area (TPSA) is 29.0 Å². The number of hydrogen-bond acceptors (Lipinski definition) is 3. The van der Waals surface area contributed by atoms with Crippen molar-refractivity contribution < 1.29 is 0 Å². The Labute approximate surface area is 102 Å². The minimum Gasteiger partial charge on any atom is -0.378 e. The van der Waals surface area contributed by atoms with Gasteiger partial charge >= 0.3 is 0 Å². The quantitative estimate of drug-likeness (QED) is 0.790. The summed E-state index contributed by atoms with van der Waals surface area (Å²) < 4.78 is 0. The van der Waals surface area contributed by atoms with Crippen LogP contribution >= 0.6 is 0 Å². The second-order valence-electron chi connectivity index (χ2n) is 4.39. The molecular weight excluding hydrogens is 210 g/mol. The number of aromatic nitrogens is 2. The number of anilines is 1. The molecule has 0 saturated heterocycles. The summed E-state index contributed by atoms with van der Waals surface area (Å²) in [5.41, 5.74) is 5.17. The van der Waals surface area contributed by atoms with E-state index in [-0.39, 0.29) is 0 Å². The molecule has 0 radical (unpaired) electrons. The fourth-order valence-corrected chi connectivity index (χ4v) is 1.81. The van der Waals surface area contributed by atoms with Crippen LogP contribution in [0.2, 0.25) is 0 Å². The van der Waals surface area contributed by atoms with Crippen LogP contribution in [-0.2, 0) is 0 Å². The number of aryl methyl sites for hydroxylation is 2. The second kappa shape index (κ2) is 4.53. The van der Waals surface area contributed by atoms with E-state index < -0.39 is 0 Å². The summed E-state index contributed by atoms with van der Waals surface area (Å²) in [6.07, 6.45) is 1.81. The first-order valence-corrected chi connectivity index (χ1v) is 5.66. The highest BCUT2D eigenvalue weighted by molar-refractivity contribution is 5.66. The largest absolute Gasteiger partial charge is 0.378 e. The second-order valence-corrected chi connectivity index (χ2v) is 4.39. The van der Waals surface area contributed by atoms with Crippen molar-refractivity contribution in [3.63, 3.8) is 0 Å². The molecule has 1 aromatic carbocycles. The highest BCUT2D eigenvalue weighted by Crippen LogP contribution is 2.23. The lowest BCUT2D eigenvalue weighted by molar-refractivity contribution is 1.06. The van der Waals surface area contributed by atoms with E-state index in [4.69, 9.17) is 0 Å². The van der Waals surface area contributed by atoms with E-state index in [0.717, 1.165) is 22.6 Å². The van der Waals surface area contributed by atoms with E-state index in [0.29, 0.717) is 0 Å². The smallest absolute Gasteiger partial charge is 0.0915 e. The number of rotatable bonds is 2. The summed E-state index contributed by atoms with van der Waals surface area (Å²) >= 11 is 0. The van der Waals surface area contributed by atoms with Crippen molar-refractivity contribution in [3.05, 3.63) is 41.9 Å². The van der Waals surface area contributed by atoms with Crippen molar-refractivity contribution in [1.29, 1.82) is 0 Å². The molecule has 0 aliphatic carbocycles. The van der Waals surface area contributed by atoms with Crippen molar-refractivity contribution in [1.82, 2.24) is 9.97 Å². The van der Waals surface area contributed by atoms with Crippen molar-refractivity contribution in [2.75, 3.05) is 19.0 Å². The number of hydrogen-bond donors (Lipinski definition) is 0. The Hall–Kier alpha value is -1.90. The molecular formula is C14H17N3. The Balaban J connectivity index is 2.49. The van der Waals surface area contributed by atoms with Crippen LogP contribution in [0.5, 0.6) is 0 Å². The first-order valence-electron chi connectivity index (χ1n) is 5.66. The SMILES string of the molecule is Cc1cnc(-c2cccc(N(C)C)c2)c(C)n1. The number of benzene rings is 1. The van der Waals surface area contributed by atoms with Gasteiger partial charge in [-0.3, -0.25) is 9.97 Å². The standard InChI is InChI=1S/C14H17N3/c1-10-9-15-14(11(2)16-10)12-6-5-7-13(8-12)17(3)4/h5-9H,1-4H3. The fraction of sp³-hybridized carbons (Fsp3) is 0.286. The van der Waals surface area contributed by atoms with E-state index in [1.807, 2.05) is 40.2 Å². The van der Waals surface area contributed by atoms with Gasteiger partial charge in [-0.2, -0.15) is 0 Å². The molecule has 2 aromatic rings. The van der Waals surface area contributed by atoms with Crippen LogP contribution in [0.15, 0.2) is 30.5 Å². The average molecular weight is 227 g/mol. The minimum atomic E-state index is 0.954. The van der Waals surface area contributed by atoms with Gasteiger partial charge in [-0.15, -0.1) is 0 Å².